The van der Waals surface area contributed by atoms with Crippen molar-refractivity contribution in [1.29, 1.82) is 0 Å². The average molecular weight is 505 g/mol. The van der Waals surface area contributed by atoms with Crippen LogP contribution >= 0.6 is 23.2 Å². The summed E-state index contributed by atoms with van der Waals surface area (Å²) in [6.07, 6.45) is 1.07. The highest BCUT2D eigenvalue weighted by molar-refractivity contribution is 6.35. The van der Waals surface area contributed by atoms with Gasteiger partial charge in [0.15, 0.2) is 11.3 Å². The number of aromatic nitrogens is 1. The second-order valence-corrected chi connectivity index (χ2v) is 9.22. The SMILES string of the molecule is CCC(C)c1ccc2oc(-c3ccc(NC(=O)c4ccc(-c5cc(Cl)ccc5Cl)o4)cc3)nc2c1. The van der Waals surface area contributed by atoms with Gasteiger partial charge in [0.1, 0.15) is 11.3 Å². The van der Waals surface area contributed by atoms with E-state index in [1.165, 1.54) is 5.56 Å². The van der Waals surface area contributed by atoms with Crippen LogP contribution < -0.4 is 5.32 Å². The number of carbonyl (C=O) groups is 1. The fraction of sp³-hybridized carbons (Fsp3) is 0.143. The van der Waals surface area contributed by atoms with Crippen LogP contribution in [0.3, 0.4) is 0 Å². The fourth-order valence-corrected chi connectivity index (χ4v) is 4.17. The van der Waals surface area contributed by atoms with Crippen LogP contribution in [-0.2, 0) is 0 Å². The number of anilines is 1. The molecule has 5 aromatic rings. The molecule has 1 unspecified atom stereocenters. The van der Waals surface area contributed by atoms with Gasteiger partial charge in [0.2, 0.25) is 5.89 Å². The number of fused-ring (bicyclic) bond motifs is 1. The molecule has 0 fully saturated rings. The number of carbonyl (C=O) groups excluding carboxylic acids is 1. The minimum atomic E-state index is -0.374. The van der Waals surface area contributed by atoms with Gasteiger partial charge in [0, 0.05) is 21.8 Å². The molecule has 0 spiro atoms. The van der Waals surface area contributed by atoms with E-state index < -0.39 is 0 Å². The van der Waals surface area contributed by atoms with E-state index >= 15 is 0 Å². The molecule has 1 atom stereocenters. The first-order valence-electron chi connectivity index (χ1n) is 11.3. The maximum Gasteiger partial charge on any atom is 0.291 e. The first kappa shape index (κ1) is 23.2. The van der Waals surface area contributed by atoms with E-state index in [4.69, 9.17) is 32.0 Å². The van der Waals surface area contributed by atoms with Gasteiger partial charge in [-0.3, -0.25) is 4.79 Å². The smallest absolute Gasteiger partial charge is 0.291 e. The summed E-state index contributed by atoms with van der Waals surface area (Å²) in [4.78, 5) is 17.4. The van der Waals surface area contributed by atoms with E-state index in [0.717, 1.165) is 23.1 Å². The Morgan fingerprint density at radius 3 is 2.54 bits per heavy atom. The van der Waals surface area contributed by atoms with Gasteiger partial charge in [0.25, 0.3) is 5.91 Å². The molecule has 0 saturated carbocycles. The summed E-state index contributed by atoms with van der Waals surface area (Å²) >= 11 is 12.3. The third-order valence-electron chi connectivity index (χ3n) is 6.01. The molecule has 2 heterocycles. The Morgan fingerprint density at radius 2 is 1.77 bits per heavy atom. The molecule has 0 radical (unpaired) electrons. The van der Waals surface area contributed by atoms with Crippen LogP contribution in [0.4, 0.5) is 5.69 Å². The zero-order valence-corrected chi connectivity index (χ0v) is 20.7. The molecule has 0 saturated heterocycles. The van der Waals surface area contributed by atoms with Crippen molar-refractivity contribution in [2.75, 3.05) is 5.32 Å². The minimum Gasteiger partial charge on any atom is -0.451 e. The maximum atomic E-state index is 12.7. The molecule has 7 heteroatoms. The number of nitrogens with one attached hydrogen (secondary N) is 1. The van der Waals surface area contributed by atoms with Crippen molar-refractivity contribution in [2.24, 2.45) is 0 Å². The Balaban J connectivity index is 1.31. The van der Waals surface area contributed by atoms with Crippen LogP contribution in [0.1, 0.15) is 42.3 Å². The quantitative estimate of drug-likeness (QED) is 0.250. The van der Waals surface area contributed by atoms with E-state index in [9.17, 15) is 4.79 Å². The monoisotopic (exact) mass is 504 g/mol. The molecule has 3 aromatic carbocycles. The topological polar surface area (TPSA) is 68.3 Å². The Kier molecular flexibility index (Phi) is 6.37. The molecule has 0 aliphatic carbocycles. The lowest BCUT2D eigenvalue weighted by molar-refractivity contribution is 0.0997. The van der Waals surface area contributed by atoms with Gasteiger partial charge in [-0.15, -0.1) is 0 Å². The number of amides is 1. The number of nitrogens with zero attached hydrogens (tertiary/aromatic N) is 1. The van der Waals surface area contributed by atoms with Crippen LogP contribution in [0.5, 0.6) is 0 Å². The van der Waals surface area contributed by atoms with Gasteiger partial charge < -0.3 is 14.2 Å². The van der Waals surface area contributed by atoms with Gasteiger partial charge in [-0.25, -0.2) is 4.98 Å². The lowest BCUT2D eigenvalue weighted by Gasteiger charge is -2.07. The van der Waals surface area contributed by atoms with Crippen LogP contribution in [0.25, 0.3) is 33.9 Å². The number of hydrogen-bond acceptors (Lipinski definition) is 4. The second kappa shape index (κ2) is 9.61. The van der Waals surface area contributed by atoms with Gasteiger partial charge in [-0.2, -0.15) is 0 Å². The van der Waals surface area contributed by atoms with Crippen molar-refractivity contribution in [1.82, 2.24) is 4.98 Å². The molecule has 5 rings (SSSR count). The van der Waals surface area contributed by atoms with E-state index in [-0.39, 0.29) is 11.7 Å². The van der Waals surface area contributed by atoms with Crippen molar-refractivity contribution in [3.63, 3.8) is 0 Å². The molecule has 5 nitrogen and oxygen atoms in total. The number of oxazole rings is 1. The molecule has 0 bridgehead atoms. The standard InChI is InChI=1S/C28H22Cl2N2O3/c1-3-16(2)18-6-11-25-23(14-18)32-28(35-25)17-4-8-20(9-5-17)31-27(33)26-13-12-24(34-26)21-15-19(29)7-10-22(21)30/h4-16H,3H2,1-2H3,(H,31,33). The maximum absolute atomic E-state index is 12.7. The van der Waals surface area contributed by atoms with E-state index in [2.05, 4.69) is 36.3 Å². The summed E-state index contributed by atoms with van der Waals surface area (Å²) in [5.74, 6) is 1.26. The molecular weight excluding hydrogens is 483 g/mol. The highest BCUT2D eigenvalue weighted by atomic mass is 35.5. The fourth-order valence-electron chi connectivity index (χ4n) is 3.79. The van der Waals surface area contributed by atoms with Crippen molar-refractivity contribution in [3.05, 3.63) is 94.2 Å². The van der Waals surface area contributed by atoms with Crippen LogP contribution in [0.2, 0.25) is 10.0 Å². The van der Waals surface area contributed by atoms with E-state index in [0.29, 0.717) is 38.9 Å². The Hall–Kier alpha value is -3.54. The number of rotatable bonds is 6. The van der Waals surface area contributed by atoms with Crippen LogP contribution in [-0.4, -0.2) is 10.9 Å². The number of furan rings is 1. The van der Waals surface area contributed by atoms with E-state index in [1.54, 1.807) is 42.5 Å². The number of hydrogen-bond donors (Lipinski definition) is 1. The summed E-state index contributed by atoms with van der Waals surface area (Å²) < 4.78 is 11.7. The molecule has 2 aromatic heterocycles. The zero-order chi connectivity index (χ0) is 24.5. The van der Waals surface area contributed by atoms with Crippen LogP contribution in [0.15, 0.2) is 81.6 Å². The zero-order valence-electron chi connectivity index (χ0n) is 19.1. The van der Waals surface area contributed by atoms with E-state index in [1.807, 2.05) is 18.2 Å². The molecule has 0 aliphatic rings. The highest BCUT2D eigenvalue weighted by Crippen LogP contribution is 2.32. The largest absolute Gasteiger partial charge is 0.451 e. The van der Waals surface area contributed by atoms with Gasteiger partial charge in [-0.05, 0) is 84.6 Å². The molecule has 1 N–H and O–H groups in total. The predicted molar refractivity (Wildman–Crippen MR) is 140 cm³/mol. The predicted octanol–water partition coefficient (Wildman–Crippen LogP) is 8.83. The molecule has 35 heavy (non-hydrogen) atoms. The Labute approximate surface area is 212 Å². The Bertz CT molecular complexity index is 1520. The first-order valence-corrected chi connectivity index (χ1v) is 12.0. The molecule has 0 aliphatic heterocycles. The van der Waals surface area contributed by atoms with Gasteiger partial charge in [0.05, 0.1) is 5.02 Å². The minimum absolute atomic E-state index is 0.163. The van der Waals surface area contributed by atoms with Crippen molar-refractivity contribution < 1.29 is 13.6 Å². The van der Waals surface area contributed by atoms with Crippen molar-refractivity contribution >= 4 is 45.9 Å². The summed E-state index contributed by atoms with van der Waals surface area (Å²) in [6.45, 7) is 4.37. The number of halogens is 2. The Morgan fingerprint density at radius 1 is 0.971 bits per heavy atom. The highest BCUT2D eigenvalue weighted by Gasteiger charge is 2.16. The van der Waals surface area contributed by atoms with Crippen molar-refractivity contribution in [2.45, 2.75) is 26.2 Å². The molecule has 176 valence electrons. The van der Waals surface area contributed by atoms with Crippen LogP contribution in [0, 0.1) is 0 Å². The molecular formula is C28H22Cl2N2O3. The van der Waals surface area contributed by atoms with Crippen molar-refractivity contribution in [3.8, 4) is 22.8 Å². The van der Waals surface area contributed by atoms with Gasteiger partial charge >= 0.3 is 0 Å². The lowest BCUT2D eigenvalue weighted by Crippen LogP contribution is -2.10. The summed E-state index contributed by atoms with van der Waals surface area (Å²) in [7, 11) is 0. The first-order chi connectivity index (χ1) is 16.9. The lowest BCUT2D eigenvalue weighted by atomic mass is 9.98. The van der Waals surface area contributed by atoms with Gasteiger partial charge in [-0.1, -0.05) is 43.1 Å². The summed E-state index contributed by atoms with van der Waals surface area (Å²) in [6, 6.07) is 21.8. The average Bonchev–Trinajstić information content (AvgIpc) is 3.52. The third kappa shape index (κ3) is 4.83. The summed E-state index contributed by atoms with van der Waals surface area (Å²) in [5, 5.41) is 3.85. The second-order valence-electron chi connectivity index (χ2n) is 8.38. The third-order valence-corrected chi connectivity index (χ3v) is 6.57. The molecule has 1 amide bonds. The summed E-state index contributed by atoms with van der Waals surface area (Å²) in [5.41, 5.74) is 4.89. The normalized spacial score (nSPS) is 12.1. The number of benzene rings is 3.